The van der Waals surface area contributed by atoms with Gasteiger partial charge in [-0.25, -0.2) is 0 Å². The van der Waals surface area contributed by atoms with Gasteiger partial charge in [0.1, 0.15) is 11.5 Å². The third-order valence-electron chi connectivity index (χ3n) is 3.67. The number of hydrogen-bond donors (Lipinski definition) is 2. The molecule has 0 atom stereocenters. The summed E-state index contributed by atoms with van der Waals surface area (Å²) in [7, 11) is 0. The van der Waals surface area contributed by atoms with Gasteiger partial charge in [0.25, 0.3) is 0 Å². The molecule has 106 valence electrons. The number of aromatic hydroxyl groups is 2. The van der Waals surface area contributed by atoms with Crippen molar-refractivity contribution in [2.24, 2.45) is 0 Å². The van der Waals surface area contributed by atoms with Crippen LogP contribution >= 0.6 is 0 Å². The maximum atomic E-state index is 10.5. The highest BCUT2D eigenvalue weighted by Crippen LogP contribution is 2.42. The van der Waals surface area contributed by atoms with E-state index < -0.39 is 0 Å². The number of benzene rings is 2. The minimum Gasteiger partial charge on any atom is -0.507 e. The molecule has 0 saturated carbocycles. The zero-order valence-corrected chi connectivity index (χ0v) is 12.5. The predicted molar refractivity (Wildman–Crippen MR) is 83.4 cm³/mol. The molecule has 0 radical (unpaired) electrons. The van der Waals surface area contributed by atoms with Gasteiger partial charge in [-0.2, -0.15) is 0 Å². The van der Waals surface area contributed by atoms with Gasteiger partial charge in [0.15, 0.2) is 0 Å². The molecule has 2 heteroatoms. The van der Waals surface area contributed by atoms with Crippen LogP contribution in [0.2, 0.25) is 0 Å². The number of rotatable bonds is 3. The summed E-state index contributed by atoms with van der Waals surface area (Å²) in [6.45, 7) is 8.18. The van der Waals surface area contributed by atoms with Gasteiger partial charge in [0.05, 0.1) is 0 Å². The van der Waals surface area contributed by atoms with Gasteiger partial charge in [-0.3, -0.25) is 0 Å². The predicted octanol–water partition coefficient (Wildman–Crippen LogP) is 5.01. The Morgan fingerprint density at radius 1 is 0.650 bits per heavy atom. The Morgan fingerprint density at radius 3 is 1.30 bits per heavy atom. The molecule has 2 aromatic rings. The van der Waals surface area contributed by atoms with Crippen LogP contribution in [0, 0.1) is 0 Å². The lowest BCUT2D eigenvalue weighted by atomic mass is 9.92. The van der Waals surface area contributed by atoms with Gasteiger partial charge in [0, 0.05) is 11.1 Å². The molecule has 0 spiro atoms. The summed E-state index contributed by atoms with van der Waals surface area (Å²) in [5.74, 6) is 1.01. The van der Waals surface area contributed by atoms with Crippen molar-refractivity contribution in [3.63, 3.8) is 0 Å². The van der Waals surface area contributed by atoms with Crippen molar-refractivity contribution in [3.05, 3.63) is 47.5 Å². The molecule has 2 aromatic carbocycles. The second-order valence-corrected chi connectivity index (χ2v) is 5.80. The molecule has 0 aliphatic carbocycles. The largest absolute Gasteiger partial charge is 0.507 e. The zero-order chi connectivity index (χ0) is 14.9. The first-order valence-electron chi connectivity index (χ1n) is 7.07. The molecule has 0 unspecified atom stereocenters. The highest BCUT2D eigenvalue weighted by atomic mass is 16.3. The molecule has 0 aliphatic heterocycles. The lowest BCUT2D eigenvalue weighted by Gasteiger charge is -2.16. The topological polar surface area (TPSA) is 40.5 Å². The van der Waals surface area contributed by atoms with Crippen molar-refractivity contribution in [2.75, 3.05) is 0 Å². The van der Waals surface area contributed by atoms with Crippen molar-refractivity contribution >= 4 is 0 Å². The Bertz CT molecular complexity index is 557. The average molecular weight is 270 g/mol. The first-order chi connectivity index (χ1) is 9.43. The molecule has 0 amide bonds. The highest BCUT2D eigenvalue weighted by molar-refractivity contribution is 5.78. The highest BCUT2D eigenvalue weighted by Gasteiger charge is 2.16. The van der Waals surface area contributed by atoms with Crippen molar-refractivity contribution in [2.45, 2.75) is 39.5 Å². The molecule has 20 heavy (non-hydrogen) atoms. The Hall–Kier alpha value is -1.96. The second kappa shape index (κ2) is 5.58. The van der Waals surface area contributed by atoms with Crippen molar-refractivity contribution in [1.29, 1.82) is 0 Å². The Balaban J connectivity index is 2.64. The molecule has 0 heterocycles. The average Bonchev–Trinajstić information content (AvgIpc) is 2.39. The summed E-state index contributed by atoms with van der Waals surface area (Å²) in [4.78, 5) is 0. The fourth-order valence-electron chi connectivity index (χ4n) is 2.49. The van der Waals surface area contributed by atoms with Crippen LogP contribution in [-0.2, 0) is 0 Å². The molecule has 0 aliphatic rings. The van der Waals surface area contributed by atoms with E-state index in [-0.39, 0.29) is 23.3 Å². The first kappa shape index (κ1) is 14.4. The molecular formula is C18H22O2. The summed E-state index contributed by atoms with van der Waals surface area (Å²) in [6.07, 6.45) is 0. The molecule has 0 aromatic heterocycles. The Morgan fingerprint density at radius 2 is 1.00 bits per heavy atom. The summed E-state index contributed by atoms with van der Waals surface area (Å²) < 4.78 is 0. The van der Waals surface area contributed by atoms with Gasteiger partial charge in [-0.15, -0.1) is 0 Å². The lowest BCUT2D eigenvalue weighted by Crippen LogP contribution is -1.93. The lowest BCUT2D eigenvalue weighted by molar-refractivity contribution is 0.458. The summed E-state index contributed by atoms with van der Waals surface area (Å²) >= 11 is 0. The van der Waals surface area contributed by atoms with Crippen LogP contribution in [0.4, 0.5) is 0 Å². The molecule has 0 saturated heterocycles. The molecule has 0 fully saturated rings. The van der Waals surface area contributed by atoms with E-state index >= 15 is 0 Å². The molecule has 2 N–H and O–H groups in total. The number of phenolic OH excluding ortho intramolecular Hbond substituents is 2. The molecule has 0 bridgehead atoms. The van der Waals surface area contributed by atoms with Gasteiger partial charge in [-0.1, -0.05) is 64.1 Å². The normalized spacial score (nSPS) is 11.3. The van der Waals surface area contributed by atoms with E-state index in [0.29, 0.717) is 11.1 Å². The standard InChI is InChI=1S/C18H22O2/c1-11(2)13-7-5-9-15(17(13)19)16-10-6-8-14(12(3)4)18(16)20/h5-12,19-20H,1-4H3. The van der Waals surface area contributed by atoms with Gasteiger partial charge >= 0.3 is 0 Å². The van der Waals surface area contributed by atoms with Crippen molar-refractivity contribution in [3.8, 4) is 22.6 Å². The Labute approximate surface area is 120 Å². The van der Waals surface area contributed by atoms with Crippen LogP contribution in [-0.4, -0.2) is 10.2 Å². The number of phenols is 2. The summed E-state index contributed by atoms with van der Waals surface area (Å²) in [5.41, 5.74) is 3.18. The first-order valence-corrected chi connectivity index (χ1v) is 7.07. The van der Waals surface area contributed by atoms with E-state index in [2.05, 4.69) is 0 Å². The quantitative estimate of drug-likeness (QED) is 0.822. The third kappa shape index (κ3) is 2.51. The van der Waals surface area contributed by atoms with E-state index in [1.165, 1.54) is 0 Å². The van der Waals surface area contributed by atoms with Crippen molar-refractivity contribution in [1.82, 2.24) is 0 Å². The number of para-hydroxylation sites is 2. The van der Waals surface area contributed by atoms with Gasteiger partial charge in [-0.05, 0) is 23.0 Å². The molecule has 2 nitrogen and oxygen atoms in total. The molecule has 2 rings (SSSR count). The molecular weight excluding hydrogens is 248 g/mol. The minimum absolute atomic E-state index is 0.241. The van der Waals surface area contributed by atoms with E-state index in [4.69, 9.17) is 0 Å². The minimum atomic E-state index is 0.241. The van der Waals surface area contributed by atoms with Gasteiger partial charge < -0.3 is 10.2 Å². The van der Waals surface area contributed by atoms with Gasteiger partial charge in [0.2, 0.25) is 0 Å². The van der Waals surface area contributed by atoms with E-state index in [1.54, 1.807) is 0 Å². The van der Waals surface area contributed by atoms with E-state index in [0.717, 1.165) is 11.1 Å². The van der Waals surface area contributed by atoms with Crippen LogP contribution in [0.25, 0.3) is 11.1 Å². The van der Waals surface area contributed by atoms with Crippen LogP contribution in [0.3, 0.4) is 0 Å². The van der Waals surface area contributed by atoms with Crippen LogP contribution in [0.1, 0.15) is 50.7 Å². The van der Waals surface area contributed by atoms with Crippen molar-refractivity contribution < 1.29 is 10.2 Å². The third-order valence-corrected chi connectivity index (χ3v) is 3.67. The van der Waals surface area contributed by atoms with Crippen LogP contribution in [0.5, 0.6) is 11.5 Å². The SMILES string of the molecule is CC(C)c1cccc(-c2cccc(C(C)C)c2O)c1O. The monoisotopic (exact) mass is 270 g/mol. The van der Waals surface area contributed by atoms with Crippen LogP contribution < -0.4 is 0 Å². The summed E-state index contributed by atoms with van der Waals surface area (Å²) in [6, 6.07) is 11.4. The fourth-order valence-corrected chi connectivity index (χ4v) is 2.49. The zero-order valence-electron chi connectivity index (χ0n) is 12.5. The fraction of sp³-hybridized carbons (Fsp3) is 0.333. The van der Waals surface area contributed by atoms with E-state index in [9.17, 15) is 10.2 Å². The maximum absolute atomic E-state index is 10.5. The maximum Gasteiger partial charge on any atom is 0.126 e. The second-order valence-electron chi connectivity index (χ2n) is 5.80. The van der Waals surface area contributed by atoms with Crippen LogP contribution in [0.15, 0.2) is 36.4 Å². The smallest absolute Gasteiger partial charge is 0.126 e. The summed E-state index contributed by atoms with van der Waals surface area (Å²) in [5, 5.41) is 20.9. The van der Waals surface area contributed by atoms with E-state index in [1.807, 2.05) is 64.1 Å². The number of hydrogen-bond acceptors (Lipinski definition) is 2. The Kier molecular flexibility index (Phi) is 4.03.